The standard InChI is InChI=1S/C29H34O15/c1-39-18-11-15(7-9-17(18)33)8-10-21(34)41-26-22(35)19(12-30)43-29(26,14-32)44-28-24(37)23(36)25(20(13-31)40-28)42-27(38)16-5-3-2-4-6-16/h2-11,19-20,22-26,28,30-33,35-37H,12-14H2,1H3/t19-,20-,22-,23-,24-,25-,26+,28-,29+/m1/s1. The third kappa shape index (κ3) is 7.02. The fraction of sp³-hybridized carbons (Fsp3) is 0.448. The summed E-state index contributed by atoms with van der Waals surface area (Å²) in [6.45, 7) is -2.70. The highest BCUT2D eigenvalue weighted by molar-refractivity contribution is 5.89. The first-order valence-electron chi connectivity index (χ1n) is 13.5. The Kier molecular flexibility index (Phi) is 10.9. The fourth-order valence-electron chi connectivity index (χ4n) is 4.80. The summed E-state index contributed by atoms with van der Waals surface area (Å²) in [7, 11) is 1.34. The van der Waals surface area contributed by atoms with Crippen LogP contribution in [-0.2, 0) is 28.5 Å². The van der Waals surface area contributed by atoms with Gasteiger partial charge in [-0.25, -0.2) is 9.59 Å². The van der Waals surface area contributed by atoms with Crippen molar-refractivity contribution in [1.82, 2.24) is 0 Å². The van der Waals surface area contributed by atoms with E-state index in [1.54, 1.807) is 18.2 Å². The normalized spacial score (nSPS) is 32.0. The van der Waals surface area contributed by atoms with Gasteiger partial charge in [0.05, 0.1) is 25.9 Å². The first kappa shape index (κ1) is 33.3. The minimum atomic E-state index is -2.43. The Labute approximate surface area is 251 Å². The van der Waals surface area contributed by atoms with Gasteiger partial charge >= 0.3 is 11.9 Å². The lowest BCUT2D eigenvalue weighted by molar-refractivity contribution is -0.383. The van der Waals surface area contributed by atoms with Crippen molar-refractivity contribution in [3.05, 3.63) is 65.7 Å². The minimum Gasteiger partial charge on any atom is -0.504 e. The molecule has 7 N–H and O–H groups in total. The highest BCUT2D eigenvalue weighted by Gasteiger charge is 2.61. The maximum atomic E-state index is 12.7. The summed E-state index contributed by atoms with van der Waals surface area (Å²) in [4.78, 5) is 25.3. The van der Waals surface area contributed by atoms with Crippen LogP contribution in [0.25, 0.3) is 6.08 Å². The van der Waals surface area contributed by atoms with Crippen LogP contribution in [0.1, 0.15) is 15.9 Å². The lowest BCUT2D eigenvalue weighted by atomic mass is 9.98. The molecule has 15 heteroatoms. The SMILES string of the molecule is COc1cc(C=CC(=O)O[C@H]2[C@H](O)[C@@H](CO)O[C@@]2(CO)O[C@H]2O[C@H](CO)[C@@H](OC(=O)c3ccccc3)[C@H](O)[C@H]2O)ccc1O. The lowest BCUT2D eigenvalue weighted by Gasteiger charge is -2.44. The maximum absolute atomic E-state index is 12.7. The van der Waals surface area contributed by atoms with Gasteiger partial charge in [-0.3, -0.25) is 0 Å². The molecule has 4 rings (SSSR count). The van der Waals surface area contributed by atoms with Gasteiger partial charge in [-0.2, -0.15) is 0 Å². The largest absolute Gasteiger partial charge is 0.504 e. The number of aliphatic hydroxyl groups is 6. The van der Waals surface area contributed by atoms with E-state index in [0.29, 0.717) is 5.56 Å². The molecule has 0 spiro atoms. The summed E-state index contributed by atoms with van der Waals surface area (Å²) < 4.78 is 32.5. The van der Waals surface area contributed by atoms with E-state index in [0.717, 1.165) is 6.08 Å². The van der Waals surface area contributed by atoms with Gasteiger partial charge in [-0.05, 0) is 35.9 Å². The third-order valence-electron chi connectivity index (χ3n) is 7.12. The van der Waals surface area contributed by atoms with Crippen LogP contribution in [0.4, 0.5) is 0 Å². The molecular weight excluding hydrogens is 588 g/mol. The fourth-order valence-corrected chi connectivity index (χ4v) is 4.80. The summed E-state index contributed by atoms with van der Waals surface area (Å²) in [5.74, 6) is -4.33. The van der Waals surface area contributed by atoms with Crippen molar-refractivity contribution in [2.24, 2.45) is 0 Å². The van der Waals surface area contributed by atoms with E-state index in [1.165, 1.54) is 43.5 Å². The number of carbonyl (C=O) groups is 2. The Hall–Kier alpha value is -3.64. The number of aliphatic hydroxyl groups excluding tert-OH is 6. The van der Waals surface area contributed by atoms with Crippen molar-refractivity contribution in [1.29, 1.82) is 0 Å². The monoisotopic (exact) mass is 622 g/mol. The van der Waals surface area contributed by atoms with E-state index in [1.807, 2.05) is 0 Å². The van der Waals surface area contributed by atoms with Crippen LogP contribution in [0.5, 0.6) is 11.5 Å². The molecule has 2 aromatic carbocycles. The predicted molar refractivity (Wildman–Crippen MR) is 146 cm³/mol. The number of hydrogen-bond acceptors (Lipinski definition) is 15. The zero-order valence-electron chi connectivity index (χ0n) is 23.4. The van der Waals surface area contributed by atoms with Gasteiger partial charge in [0, 0.05) is 6.08 Å². The van der Waals surface area contributed by atoms with Gasteiger partial charge < -0.3 is 64.2 Å². The van der Waals surface area contributed by atoms with Gasteiger partial charge in [0.2, 0.25) is 5.79 Å². The van der Waals surface area contributed by atoms with Gasteiger partial charge in [0.15, 0.2) is 30.0 Å². The molecule has 2 fully saturated rings. The third-order valence-corrected chi connectivity index (χ3v) is 7.12. The van der Waals surface area contributed by atoms with Crippen LogP contribution < -0.4 is 4.74 Å². The molecule has 0 aliphatic carbocycles. The number of rotatable bonds is 11. The quantitative estimate of drug-likeness (QED) is 0.111. The Morgan fingerprint density at radius 2 is 1.64 bits per heavy atom. The number of aromatic hydroxyl groups is 1. The lowest BCUT2D eigenvalue weighted by Crippen LogP contribution is -2.63. The molecule has 0 unspecified atom stereocenters. The smallest absolute Gasteiger partial charge is 0.338 e. The molecule has 2 aliphatic heterocycles. The zero-order valence-corrected chi connectivity index (χ0v) is 23.4. The Bertz CT molecular complexity index is 1300. The van der Waals surface area contributed by atoms with Gasteiger partial charge in [-0.1, -0.05) is 24.3 Å². The van der Waals surface area contributed by atoms with Crippen molar-refractivity contribution in [3.63, 3.8) is 0 Å². The maximum Gasteiger partial charge on any atom is 0.338 e. The topological polar surface area (TPSA) is 231 Å². The number of phenols is 1. The molecule has 2 aliphatic rings. The summed E-state index contributed by atoms with van der Waals surface area (Å²) in [5, 5.41) is 72.1. The number of hydrogen-bond donors (Lipinski definition) is 7. The molecule has 44 heavy (non-hydrogen) atoms. The molecule has 240 valence electrons. The minimum absolute atomic E-state index is 0.125. The van der Waals surface area contributed by atoms with E-state index >= 15 is 0 Å². The van der Waals surface area contributed by atoms with Crippen LogP contribution in [0.2, 0.25) is 0 Å². The molecule has 0 saturated carbocycles. The van der Waals surface area contributed by atoms with E-state index < -0.39 is 86.6 Å². The van der Waals surface area contributed by atoms with Crippen LogP contribution in [0, 0.1) is 0 Å². The van der Waals surface area contributed by atoms with Gasteiger partial charge in [0.25, 0.3) is 0 Å². The first-order valence-corrected chi connectivity index (χ1v) is 13.5. The van der Waals surface area contributed by atoms with E-state index in [-0.39, 0.29) is 17.1 Å². The first-order chi connectivity index (χ1) is 21.1. The van der Waals surface area contributed by atoms with E-state index in [2.05, 4.69) is 0 Å². The second-order valence-electron chi connectivity index (χ2n) is 9.98. The number of benzene rings is 2. The average Bonchev–Trinajstić information content (AvgIpc) is 3.30. The number of carbonyl (C=O) groups excluding carboxylic acids is 2. The van der Waals surface area contributed by atoms with Crippen molar-refractivity contribution in [3.8, 4) is 11.5 Å². The van der Waals surface area contributed by atoms with Crippen LogP contribution >= 0.6 is 0 Å². The van der Waals surface area contributed by atoms with Crippen molar-refractivity contribution < 1.29 is 73.8 Å². The molecule has 0 radical (unpaired) electrons. The number of phenolic OH excluding ortho intramolecular Hbond substituents is 1. The van der Waals surface area contributed by atoms with Crippen LogP contribution in [-0.4, -0.2) is 129 Å². The van der Waals surface area contributed by atoms with Crippen LogP contribution in [0.3, 0.4) is 0 Å². The van der Waals surface area contributed by atoms with E-state index in [4.69, 9.17) is 28.4 Å². The second-order valence-corrected chi connectivity index (χ2v) is 9.98. The molecule has 9 atom stereocenters. The van der Waals surface area contributed by atoms with Crippen molar-refractivity contribution >= 4 is 18.0 Å². The molecule has 15 nitrogen and oxygen atoms in total. The molecule has 2 saturated heterocycles. The second kappa shape index (κ2) is 14.4. The summed E-state index contributed by atoms with van der Waals surface area (Å²) in [6.07, 6.45) is -11.4. The zero-order chi connectivity index (χ0) is 32.0. The molecular formula is C29H34O15. The van der Waals surface area contributed by atoms with Crippen molar-refractivity contribution in [2.45, 2.75) is 54.8 Å². The molecule has 0 bridgehead atoms. The van der Waals surface area contributed by atoms with Crippen LogP contribution in [0.15, 0.2) is 54.6 Å². The number of methoxy groups -OCH3 is 1. The Morgan fingerprint density at radius 3 is 2.27 bits per heavy atom. The summed E-state index contributed by atoms with van der Waals surface area (Å²) in [5.41, 5.74) is 0.568. The van der Waals surface area contributed by atoms with E-state index in [9.17, 15) is 45.3 Å². The average molecular weight is 623 g/mol. The summed E-state index contributed by atoms with van der Waals surface area (Å²) >= 11 is 0. The Morgan fingerprint density at radius 1 is 0.932 bits per heavy atom. The Balaban J connectivity index is 1.51. The molecule has 2 aromatic rings. The highest BCUT2D eigenvalue weighted by Crippen LogP contribution is 2.38. The number of ether oxygens (including phenoxy) is 6. The predicted octanol–water partition coefficient (Wildman–Crippen LogP) is -1.55. The molecule has 2 heterocycles. The molecule has 0 amide bonds. The van der Waals surface area contributed by atoms with Crippen molar-refractivity contribution in [2.75, 3.05) is 26.9 Å². The number of esters is 2. The molecule has 0 aromatic heterocycles. The summed E-state index contributed by atoms with van der Waals surface area (Å²) in [6, 6.07) is 12.0. The van der Waals surface area contributed by atoms with Gasteiger partial charge in [-0.15, -0.1) is 0 Å². The highest BCUT2D eigenvalue weighted by atomic mass is 16.8. The van der Waals surface area contributed by atoms with Gasteiger partial charge in [0.1, 0.15) is 37.1 Å².